The highest BCUT2D eigenvalue weighted by molar-refractivity contribution is 7.07. The zero-order valence-electron chi connectivity index (χ0n) is 18.5. The topological polar surface area (TPSA) is 84.4 Å². The summed E-state index contributed by atoms with van der Waals surface area (Å²) < 4.78 is 6.90. The molecule has 3 aromatic carbocycles. The molecular formula is C27H21N3O3S. The molecule has 0 spiro atoms. The largest absolute Gasteiger partial charge is 0.461 e. The van der Waals surface area contributed by atoms with Gasteiger partial charge < -0.3 is 9.30 Å². The summed E-state index contributed by atoms with van der Waals surface area (Å²) in [5.41, 5.74) is 4.11. The summed E-state index contributed by atoms with van der Waals surface area (Å²) in [6.45, 7) is 2.33. The fraction of sp³-hybridized carbons (Fsp3) is 0.111. The van der Waals surface area contributed by atoms with Gasteiger partial charge in [-0.05, 0) is 41.8 Å². The monoisotopic (exact) mass is 467 g/mol. The number of thiazole rings is 1. The molecule has 1 amide bonds. The zero-order chi connectivity index (χ0) is 23.9. The van der Waals surface area contributed by atoms with Crippen molar-refractivity contribution in [1.29, 1.82) is 5.26 Å². The molecule has 7 heteroatoms. The van der Waals surface area contributed by atoms with Crippen molar-refractivity contribution in [2.45, 2.75) is 13.5 Å². The first kappa shape index (κ1) is 22.9. The van der Waals surface area contributed by atoms with Crippen LogP contribution in [0.5, 0.6) is 0 Å². The molecule has 0 saturated carbocycles. The lowest BCUT2D eigenvalue weighted by molar-refractivity contribution is 0.0513. The van der Waals surface area contributed by atoms with Gasteiger partial charge in [-0.25, -0.2) is 4.79 Å². The van der Waals surface area contributed by atoms with E-state index in [1.165, 1.54) is 11.3 Å². The molecule has 0 aliphatic carbocycles. The van der Waals surface area contributed by atoms with Gasteiger partial charge in [-0.2, -0.15) is 10.3 Å². The molecule has 168 valence electrons. The van der Waals surface area contributed by atoms with Gasteiger partial charge in [-0.1, -0.05) is 60.7 Å². The fourth-order valence-electron chi connectivity index (χ4n) is 3.48. The third-order valence-corrected chi connectivity index (χ3v) is 6.02. The highest BCUT2D eigenvalue weighted by Gasteiger charge is 2.16. The van der Waals surface area contributed by atoms with Gasteiger partial charge in [0.25, 0.3) is 5.91 Å². The van der Waals surface area contributed by atoms with E-state index in [1.54, 1.807) is 47.2 Å². The van der Waals surface area contributed by atoms with Gasteiger partial charge in [0.1, 0.15) is 5.69 Å². The third kappa shape index (κ3) is 5.03. The number of nitrogens with zero attached hydrogens (tertiary/aromatic N) is 3. The average molecular weight is 468 g/mol. The van der Waals surface area contributed by atoms with Gasteiger partial charge in [0.2, 0.25) is 0 Å². The number of ether oxygens (including phenoxy) is 1. The van der Waals surface area contributed by atoms with Crippen molar-refractivity contribution in [3.05, 3.63) is 111 Å². The standard InChI is InChI=1S/C27H21N3O3S/c1-2-33-26(32)24-18-34-27(29-25(31)21-8-4-3-5-9-21)30(24)17-19-12-14-20(15-13-19)23-11-7-6-10-22(23)16-28/h3-15,18H,2,17H2,1H3. The Labute approximate surface area is 201 Å². The van der Waals surface area contributed by atoms with Gasteiger partial charge >= 0.3 is 5.97 Å². The van der Waals surface area contributed by atoms with E-state index in [0.29, 0.717) is 28.2 Å². The molecule has 4 rings (SSSR count). The Kier molecular flexibility index (Phi) is 7.11. The SMILES string of the molecule is CCOC(=O)c1csc(=NC(=O)c2ccccc2)n1Cc1ccc(-c2ccccc2C#N)cc1. The molecule has 0 aliphatic heterocycles. The number of rotatable bonds is 6. The number of aromatic nitrogens is 1. The fourth-order valence-corrected chi connectivity index (χ4v) is 4.34. The van der Waals surface area contributed by atoms with E-state index in [1.807, 2.05) is 48.5 Å². The highest BCUT2D eigenvalue weighted by Crippen LogP contribution is 2.24. The first-order valence-corrected chi connectivity index (χ1v) is 11.6. The molecule has 0 radical (unpaired) electrons. The molecular weight excluding hydrogens is 446 g/mol. The van der Waals surface area contributed by atoms with Gasteiger partial charge in [0.15, 0.2) is 4.80 Å². The summed E-state index contributed by atoms with van der Waals surface area (Å²) >= 11 is 1.22. The third-order valence-electron chi connectivity index (χ3n) is 5.15. The Balaban J connectivity index is 1.69. The van der Waals surface area contributed by atoms with Crippen molar-refractivity contribution in [2.75, 3.05) is 6.61 Å². The first-order valence-electron chi connectivity index (χ1n) is 10.7. The van der Waals surface area contributed by atoms with Gasteiger partial charge in [0, 0.05) is 10.9 Å². The van der Waals surface area contributed by atoms with Crippen LogP contribution in [0.4, 0.5) is 0 Å². The van der Waals surface area contributed by atoms with Crippen molar-refractivity contribution >= 4 is 23.2 Å². The van der Waals surface area contributed by atoms with Crippen LogP contribution in [0.1, 0.15) is 38.9 Å². The molecule has 0 bridgehead atoms. The molecule has 0 atom stereocenters. The summed E-state index contributed by atoms with van der Waals surface area (Å²) in [5.74, 6) is -0.845. The van der Waals surface area contributed by atoms with Crippen molar-refractivity contribution in [3.8, 4) is 17.2 Å². The highest BCUT2D eigenvalue weighted by atomic mass is 32.1. The molecule has 0 N–H and O–H groups in total. The molecule has 0 fully saturated rings. The van der Waals surface area contributed by atoms with Crippen LogP contribution in [-0.2, 0) is 11.3 Å². The van der Waals surface area contributed by atoms with Crippen LogP contribution in [0.25, 0.3) is 11.1 Å². The average Bonchev–Trinajstić information content (AvgIpc) is 3.27. The number of hydrogen-bond donors (Lipinski definition) is 0. The van der Waals surface area contributed by atoms with E-state index >= 15 is 0 Å². The maximum atomic E-state index is 12.7. The number of carbonyl (C=O) groups is 2. The molecule has 6 nitrogen and oxygen atoms in total. The Hall–Kier alpha value is -4.28. The number of nitriles is 1. The molecule has 0 unspecified atom stereocenters. The summed E-state index contributed by atoms with van der Waals surface area (Å²) in [5, 5.41) is 11.0. The molecule has 4 aromatic rings. The lowest BCUT2D eigenvalue weighted by atomic mass is 9.99. The van der Waals surface area contributed by atoms with Crippen molar-refractivity contribution in [1.82, 2.24) is 4.57 Å². The van der Waals surface area contributed by atoms with Crippen LogP contribution in [0.15, 0.2) is 89.2 Å². The maximum absolute atomic E-state index is 12.7. The second kappa shape index (κ2) is 10.6. The van der Waals surface area contributed by atoms with E-state index in [9.17, 15) is 14.9 Å². The van der Waals surface area contributed by atoms with E-state index in [-0.39, 0.29) is 12.5 Å². The summed E-state index contributed by atoms with van der Waals surface area (Å²) in [6, 6.07) is 26.2. The maximum Gasteiger partial charge on any atom is 0.355 e. The molecule has 1 heterocycles. The minimum absolute atomic E-state index is 0.247. The van der Waals surface area contributed by atoms with E-state index < -0.39 is 5.97 Å². The van der Waals surface area contributed by atoms with Crippen LogP contribution in [0.3, 0.4) is 0 Å². The number of carbonyl (C=O) groups excluding carboxylic acids is 2. The van der Waals surface area contributed by atoms with Gasteiger partial charge in [-0.15, -0.1) is 11.3 Å². The van der Waals surface area contributed by atoms with Crippen LogP contribution < -0.4 is 4.80 Å². The van der Waals surface area contributed by atoms with Gasteiger partial charge in [0.05, 0.1) is 24.8 Å². The lowest BCUT2D eigenvalue weighted by Gasteiger charge is -2.10. The number of hydrogen-bond acceptors (Lipinski definition) is 5. The van der Waals surface area contributed by atoms with Crippen molar-refractivity contribution in [3.63, 3.8) is 0 Å². The van der Waals surface area contributed by atoms with E-state index in [2.05, 4.69) is 11.1 Å². The molecule has 0 saturated heterocycles. The Morgan fingerprint density at radius 1 is 1.00 bits per heavy atom. The quantitative estimate of drug-likeness (QED) is 0.371. The summed E-state index contributed by atoms with van der Waals surface area (Å²) in [4.78, 5) is 29.9. The second-order valence-electron chi connectivity index (χ2n) is 7.35. The Morgan fingerprint density at radius 3 is 2.41 bits per heavy atom. The first-order chi connectivity index (χ1) is 16.6. The van der Waals surface area contributed by atoms with Crippen LogP contribution in [0.2, 0.25) is 0 Å². The predicted octanol–water partition coefficient (Wildman–Crippen LogP) is 5.05. The Morgan fingerprint density at radius 2 is 1.71 bits per heavy atom. The van der Waals surface area contributed by atoms with Gasteiger partial charge in [-0.3, -0.25) is 4.79 Å². The van der Waals surface area contributed by atoms with Crippen LogP contribution in [-0.4, -0.2) is 23.1 Å². The zero-order valence-corrected chi connectivity index (χ0v) is 19.3. The lowest BCUT2D eigenvalue weighted by Crippen LogP contribution is -2.23. The summed E-state index contributed by atoms with van der Waals surface area (Å²) in [6.07, 6.45) is 0. The smallest absolute Gasteiger partial charge is 0.355 e. The second-order valence-corrected chi connectivity index (χ2v) is 8.18. The Bertz CT molecular complexity index is 1430. The molecule has 0 aliphatic rings. The molecule has 1 aromatic heterocycles. The number of amides is 1. The van der Waals surface area contributed by atoms with E-state index in [0.717, 1.165) is 16.7 Å². The number of benzene rings is 3. The molecule has 34 heavy (non-hydrogen) atoms. The predicted molar refractivity (Wildman–Crippen MR) is 130 cm³/mol. The summed E-state index contributed by atoms with van der Waals surface area (Å²) in [7, 11) is 0. The van der Waals surface area contributed by atoms with Crippen molar-refractivity contribution in [2.24, 2.45) is 4.99 Å². The van der Waals surface area contributed by atoms with E-state index in [4.69, 9.17) is 4.74 Å². The van der Waals surface area contributed by atoms with Crippen LogP contribution >= 0.6 is 11.3 Å². The number of esters is 1. The normalized spacial score (nSPS) is 11.1. The van der Waals surface area contributed by atoms with Crippen molar-refractivity contribution < 1.29 is 14.3 Å². The minimum atomic E-state index is -0.466. The minimum Gasteiger partial charge on any atom is -0.461 e. The van der Waals surface area contributed by atoms with Crippen LogP contribution in [0, 0.1) is 11.3 Å².